The molecule has 0 bridgehead atoms. The van der Waals surface area contributed by atoms with Crippen molar-refractivity contribution in [2.24, 2.45) is 5.41 Å². The molecule has 1 unspecified atom stereocenters. The molecule has 1 atom stereocenters. The molecule has 0 aliphatic heterocycles. The van der Waals surface area contributed by atoms with Gasteiger partial charge in [-0.1, -0.05) is 41.9 Å². The Morgan fingerprint density at radius 2 is 1.81 bits per heavy atom. The number of carbonyl (C=O) groups excluding carboxylic acids is 2. The van der Waals surface area contributed by atoms with Crippen LogP contribution in [0.3, 0.4) is 0 Å². The third kappa shape index (κ3) is 3.68. The zero-order valence-electron chi connectivity index (χ0n) is 14.7. The Morgan fingerprint density at radius 3 is 2.38 bits per heavy atom. The first-order chi connectivity index (χ1) is 12.5. The van der Waals surface area contributed by atoms with Gasteiger partial charge in [0.15, 0.2) is 0 Å². The Bertz CT molecular complexity index is 819. The lowest BCUT2D eigenvalue weighted by Gasteiger charge is -2.20. The molecule has 2 N–H and O–H groups in total. The van der Waals surface area contributed by atoms with E-state index in [1.165, 1.54) is 7.11 Å². The van der Waals surface area contributed by atoms with E-state index in [0.717, 1.165) is 5.56 Å². The average Bonchev–Trinajstić information content (AvgIpc) is 3.44. The van der Waals surface area contributed by atoms with Gasteiger partial charge in [-0.05, 0) is 43.5 Å². The highest BCUT2D eigenvalue weighted by molar-refractivity contribution is 6.32. The van der Waals surface area contributed by atoms with Gasteiger partial charge in [0, 0.05) is 5.69 Å². The molecule has 0 saturated heterocycles. The molecule has 26 heavy (non-hydrogen) atoms. The van der Waals surface area contributed by atoms with Crippen molar-refractivity contribution in [2.45, 2.75) is 25.8 Å². The van der Waals surface area contributed by atoms with Crippen molar-refractivity contribution in [2.75, 3.05) is 12.4 Å². The van der Waals surface area contributed by atoms with Crippen LogP contribution in [0.2, 0.25) is 5.02 Å². The van der Waals surface area contributed by atoms with E-state index in [4.69, 9.17) is 16.3 Å². The highest BCUT2D eigenvalue weighted by Crippen LogP contribution is 2.47. The molecule has 0 radical (unpaired) electrons. The second-order valence-corrected chi connectivity index (χ2v) is 6.90. The molecule has 136 valence electrons. The van der Waals surface area contributed by atoms with Gasteiger partial charge in [0.1, 0.15) is 11.2 Å². The van der Waals surface area contributed by atoms with Crippen molar-refractivity contribution in [3.8, 4) is 5.75 Å². The summed E-state index contributed by atoms with van der Waals surface area (Å²) in [7, 11) is 1.52. The lowest BCUT2D eigenvalue weighted by Crippen LogP contribution is -2.41. The van der Waals surface area contributed by atoms with Crippen molar-refractivity contribution in [1.82, 2.24) is 5.32 Å². The number of anilines is 1. The minimum absolute atomic E-state index is 0.163. The van der Waals surface area contributed by atoms with E-state index in [9.17, 15) is 9.59 Å². The van der Waals surface area contributed by atoms with E-state index in [0.29, 0.717) is 29.3 Å². The fraction of sp³-hybridized carbons (Fsp3) is 0.300. The van der Waals surface area contributed by atoms with E-state index in [-0.39, 0.29) is 17.9 Å². The molecule has 1 aliphatic rings. The monoisotopic (exact) mass is 372 g/mol. The Labute approximate surface area is 157 Å². The van der Waals surface area contributed by atoms with Crippen molar-refractivity contribution in [3.63, 3.8) is 0 Å². The first-order valence-electron chi connectivity index (χ1n) is 8.47. The SMILES string of the molecule is COc1ccc(NC(=O)C2(C(=O)NC(C)c3ccccc3)CC2)cc1Cl. The van der Waals surface area contributed by atoms with Crippen LogP contribution < -0.4 is 15.4 Å². The van der Waals surface area contributed by atoms with Crippen LogP contribution in [0, 0.1) is 5.41 Å². The molecule has 1 fully saturated rings. The second-order valence-electron chi connectivity index (χ2n) is 6.49. The lowest BCUT2D eigenvalue weighted by molar-refractivity contribution is -0.134. The molecular formula is C20H21ClN2O3. The number of nitrogens with one attached hydrogen (secondary N) is 2. The van der Waals surface area contributed by atoms with E-state index < -0.39 is 5.41 Å². The standard InChI is InChI=1S/C20H21ClN2O3/c1-13(14-6-4-3-5-7-14)22-18(24)20(10-11-20)19(25)23-15-8-9-17(26-2)16(21)12-15/h3-9,12-13H,10-11H2,1-2H3,(H,22,24)(H,23,25). The Hall–Kier alpha value is -2.53. The molecule has 2 aromatic carbocycles. The Kier molecular flexibility index (Phi) is 5.18. The molecule has 6 heteroatoms. The van der Waals surface area contributed by atoms with Gasteiger partial charge in [-0.2, -0.15) is 0 Å². The number of rotatable bonds is 6. The van der Waals surface area contributed by atoms with Gasteiger partial charge in [0.25, 0.3) is 0 Å². The number of amides is 2. The summed E-state index contributed by atoms with van der Waals surface area (Å²) in [6.45, 7) is 1.91. The van der Waals surface area contributed by atoms with Gasteiger partial charge < -0.3 is 15.4 Å². The summed E-state index contributed by atoms with van der Waals surface area (Å²) < 4.78 is 5.10. The van der Waals surface area contributed by atoms with Crippen molar-refractivity contribution >= 4 is 29.1 Å². The predicted octanol–water partition coefficient (Wildman–Crippen LogP) is 3.94. The molecule has 1 aliphatic carbocycles. The molecular weight excluding hydrogens is 352 g/mol. The third-order valence-corrected chi connectivity index (χ3v) is 4.97. The van der Waals surface area contributed by atoms with Crippen LogP contribution in [0.1, 0.15) is 31.4 Å². The number of carbonyl (C=O) groups is 2. The topological polar surface area (TPSA) is 67.4 Å². The number of ether oxygens (including phenoxy) is 1. The zero-order valence-corrected chi connectivity index (χ0v) is 15.5. The van der Waals surface area contributed by atoms with Crippen LogP contribution in [0.4, 0.5) is 5.69 Å². The lowest BCUT2D eigenvalue weighted by atomic mass is 10.0. The zero-order chi connectivity index (χ0) is 18.7. The van der Waals surface area contributed by atoms with Crippen molar-refractivity contribution in [3.05, 3.63) is 59.1 Å². The largest absolute Gasteiger partial charge is 0.495 e. The fourth-order valence-corrected chi connectivity index (χ4v) is 3.09. The molecule has 3 rings (SSSR count). The normalized spacial score (nSPS) is 15.7. The maximum Gasteiger partial charge on any atom is 0.240 e. The summed E-state index contributed by atoms with van der Waals surface area (Å²) in [5.41, 5.74) is 0.532. The number of hydrogen-bond acceptors (Lipinski definition) is 3. The molecule has 0 heterocycles. The molecule has 1 saturated carbocycles. The quantitative estimate of drug-likeness (QED) is 0.754. The van der Waals surface area contributed by atoms with Crippen LogP contribution >= 0.6 is 11.6 Å². The molecule has 0 aromatic heterocycles. The van der Waals surface area contributed by atoms with E-state index in [2.05, 4.69) is 10.6 Å². The molecule has 2 aromatic rings. The van der Waals surface area contributed by atoms with Crippen LogP contribution in [0.15, 0.2) is 48.5 Å². The molecule has 2 amide bonds. The summed E-state index contributed by atoms with van der Waals surface area (Å²) in [5, 5.41) is 6.14. The molecule has 0 spiro atoms. The fourth-order valence-electron chi connectivity index (χ4n) is 2.84. The smallest absolute Gasteiger partial charge is 0.240 e. The second kappa shape index (κ2) is 7.38. The third-order valence-electron chi connectivity index (χ3n) is 4.68. The maximum absolute atomic E-state index is 12.7. The van der Waals surface area contributed by atoms with Crippen LogP contribution in [-0.4, -0.2) is 18.9 Å². The van der Waals surface area contributed by atoms with E-state index in [1.54, 1.807) is 18.2 Å². The van der Waals surface area contributed by atoms with Crippen molar-refractivity contribution in [1.29, 1.82) is 0 Å². The van der Waals surface area contributed by atoms with Crippen molar-refractivity contribution < 1.29 is 14.3 Å². The van der Waals surface area contributed by atoms with Gasteiger partial charge in [-0.15, -0.1) is 0 Å². The minimum Gasteiger partial charge on any atom is -0.495 e. The number of benzene rings is 2. The minimum atomic E-state index is -1.00. The van der Waals surface area contributed by atoms with E-state index >= 15 is 0 Å². The highest BCUT2D eigenvalue weighted by Gasteiger charge is 2.56. The van der Waals surface area contributed by atoms with Crippen LogP contribution in [0.25, 0.3) is 0 Å². The average molecular weight is 373 g/mol. The summed E-state index contributed by atoms with van der Waals surface area (Å²) in [6.07, 6.45) is 1.08. The van der Waals surface area contributed by atoms with Gasteiger partial charge in [0.2, 0.25) is 11.8 Å². The number of hydrogen-bond donors (Lipinski definition) is 2. The Morgan fingerprint density at radius 1 is 1.12 bits per heavy atom. The maximum atomic E-state index is 12.7. The van der Waals surface area contributed by atoms with Crippen LogP contribution in [-0.2, 0) is 9.59 Å². The number of halogens is 1. The first kappa shape index (κ1) is 18.3. The summed E-state index contributed by atoms with van der Waals surface area (Å²) in [5.74, 6) is -0.0253. The van der Waals surface area contributed by atoms with Crippen LogP contribution in [0.5, 0.6) is 5.75 Å². The Balaban J connectivity index is 1.67. The summed E-state index contributed by atoms with van der Waals surface area (Å²) in [4.78, 5) is 25.4. The summed E-state index contributed by atoms with van der Waals surface area (Å²) in [6, 6.07) is 14.5. The molecule has 5 nitrogen and oxygen atoms in total. The predicted molar refractivity (Wildman–Crippen MR) is 101 cm³/mol. The van der Waals surface area contributed by atoms with E-state index in [1.807, 2.05) is 37.3 Å². The van der Waals surface area contributed by atoms with Gasteiger partial charge in [0.05, 0.1) is 18.2 Å². The number of methoxy groups -OCH3 is 1. The van der Waals surface area contributed by atoms with Gasteiger partial charge in [-0.25, -0.2) is 0 Å². The van der Waals surface area contributed by atoms with Gasteiger partial charge in [-0.3, -0.25) is 9.59 Å². The highest BCUT2D eigenvalue weighted by atomic mass is 35.5. The summed E-state index contributed by atoms with van der Waals surface area (Å²) >= 11 is 6.09. The van der Waals surface area contributed by atoms with Gasteiger partial charge >= 0.3 is 0 Å². The first-order valence-corrected chi connectivity index (χ1v) is 8.85.